The van der Waals surface area contributed by atoms with E-state index < -0.39 is 0 Å². The second-order valence-electron chi connectivity index (χ2n) is 5.21. The van der Waals surface area contributed by atoms with Gasteiger partial charge in [0.2, 0.25) is 0 Å². The van der Waals surface area contributed by atoms with Crippen molar-refractivity contribution in [3.8, 4) is 0 Å². The van der Waals surface area contributed by atoms with Gasteiger partial charge in [-0.05, 0) is 28.7 Å². The Hall–Kier alpha value is -1.64. The molecule has 2 N–H and O–H groups in total. The second-order valence-corrected chi connectivity index (χ2v) is 5.21. The van der Waals surface area contributed by atoms with Crippen LogP contribution in [-0.4, -0.2) is 11.7 Å². The number of hydrogen-bond donors (Lipinski definition) is 2. The number of aliphatic hydroxyl groups is 1. The third kappa shape index (κ3) is 2.70. The first-order valence-electron chi connectivity index (χ1n) is 6.84. The van der Waals surface area contributed by atoms with Crippen molar-refractivity contribution in [1.29, 1.82) is 0 Å². The number of fused-ring (bicyclic) bond motifs is 1. The average molecular weight is 253 g/mol. The molecule has 19 heavy (non-hydrogen) atoms. The summed E-state index contributed by atoms with van der Waals surface area (Å²) < 4.78 is 0. The molecule has 0 radical (unpaired) electrons. The highest BCUT2D eigenvalue weighted by molar-refractivity contribution is 5.40. The lowest BCUT2D eigenvalue weighted by atomic mass is 9.77. The molecular weight excluding hydrogens is 234 g/mol. The lowest BCUT2D eigenvalue weighted by Crippen LogP contribution is -2.28. The molecule has 2 nitrogen and oxygen atoms in total. The lowest BCUT2D eigenvalue weighted by molar-refractivity contribution is 0.282. The Kier molecular flexibility index (Phi) is 3.62. The smallest absolute Gasteiger partial charge is 0.0681 e. The van der Waals surface area contributed by atoms with Crippen LogP contribution in [0.1, 0.15) is 28.2 Å². The minimum absolute atomic E-state index is 0.118. The molecule has 1 aliphatic carbocycles. The predicted molar refractivity (Wildman–Crippen MR) is 77.0 cm³/mol. The van der Waals surface area contributed by atoms with E-state index in [1.54, 1.807) is 0 Å². The van der Waals surface area contributed by atoms with E-state index in [9.17, 15) is 0 Å². The Morgan fingerprint density at radius 3 is 2.47 bits per heavy atom. The van der Waals surface area contributed by atoms with Crippen LogP contribution in [0.3, 0.4) is 0 Å². The quantitative estimate of drug-likeness (QED) is 0.858. The van der Waals surface area contributed by atoms with Crippen LogP contribution in [0, 0.1) is 0 Å². The van der Waals surface area contributed by atoms with Gasteiger partial charge in [-0.3, -0.25) is 0 Å². The van der Waals surface area contributed by atoms with Crippen molar-refractivity contribution >= 4 is 0 Å². The summed E-state index contributed by atoms with van der Waals surface area (Å²) in [5.41, 5.74) is 5.24. The van der Waals surface area contributed by atoms with Crippen LogP contribution in [0.25, 0.3) is 0 Å². The van der Waals surface area contributed by atoms with Crippen LogP contribution in [0.2, 0.25) is 0 Å². The van der Waals surface area contributed by atoms with Gasteiger partial charge in [-0.2, -0.15) is 0 Å². The van der Waals surface area contributed by atoms with E-state index in [1.807, 2.05) is 12.1 Å². The molecule has 1 unspecified atom stereocenters. The van der Waals surface area contributed by atoms with Crippen molar-refractivity contribution in [2.75, 3.05) is 6.54 Å². The third-order valence-corrected chi connectivity index (χ3v) is 3.89. The van der Waals surface area contributed by atoms with Gasteiger partial charge in [0.05, 0.1) is 6.61 Å². The Labute approximate surface area is 114 Å². The minimum Gasteiger partial charge on any atom is -0.392 e. The maximum atomic E-state index is 8.99. The molecule has 0 saturated carbocycles. The zero-order valence-electron chi connectivity index (χ0n) is 11.0. The molecule has 98 valence electrons. The lowest BCUT2D eigenvalue weighted by Gasteiger charge is -2.30. The predicted octanol–water partition coefficient (Wildman–Crippen LogP) is 2.61. The average Bonchev–Trinajstić information content (AvgIpc) is 2.44. The van der Waals surface area contributed by atoms with Gasteiger partial charge in [-0.15, -0.1) is 0 Å². The summed E-state index contributed by atoms with van der Waals surface area (Å²) >= 11 is 0. The number of nitrogens with one attached hydrogen (secondary N) is 1. The molecule has 0 heterocycles. The molecule has 0 saturated heterocycles. The first-order chi connectivity index (χ1) is 9.36. The van der Waals surface area contributed by atoms with Gasteiger partial charge >= 0.3 is 0 Å². The van der Waals surface area contributed by atoms with Crippen molar-refractivity contribution in [1.82, 2.24) is 5.32 Å². The maximum Gasteiger partial charge on any atom is 0.0681 e. The maximum absolute atomic E-state index is 8.99. The first-order valence-corrected chi connectivity index (χ1v) is 6.84. The van der Waals surface area contributed by atoms with Gasteiger partial charge in [-0.25, -0.2) is 0 Å². The number of aliphatic hydroxyl groups excluding tert-OH is 1. The van der Waals surface area contributed by atoms with Crippen LogP contribution < -0.4 is 5.32 Å². The largest absolute Gasteiger partial charge is 0.392 e. The Balaban J connectivity index is 1.49. The van der Waals surface area contributed by atoms with Crippen molar-refractivity contribution in [3.63, 3.8) is 0 Å². The van der Waals surface area contributed by atoms with E-state index in [0.717, 1.165) is 18.7 Å². The molecule has 0 aliphatic heterocycles. The summed E-state index contributed by atoms with van der Waals surface area (Å²) in [4.78, 5) is 0. The molecule has 0 fully saturated rings. The Bertz CT molecular complexity index is 547. The van der Waals surface area contributed by atoms with E-state index in [4.69, 9.17) is 5.11 Å². The standard InChI is InChI=1S/C17H19NO/c19-12-14-7-5-13(6-8-14)10-18-11-16-9-15-3-1-2-4-17(15)16/h1-8,16,18-19H,9-12H2. The van der Waals surface area contributed by atoms with Gasteiger partial charge in [-0.1, -0.05) is 48.5 Å². The van der Waals surface area contributed by atoms with E-state index in [1.165, 1.54) is 23.1 Å². The monoisotopic (exact) mass is 253 g/mol. The highest BCUT2D eigenvalue weighted by atomic mass is 16.3. The van der Waals surface area contributed by atoms with Gasteiger partial charge in [0.15, 0.2) is 0 Å². The fraction of sp³-hybridized carbons (Fsp3) is 0.294. The summed E-state index contributed by atoms with van der Waals surface area (Å²) in [7, 11) is 0. The molecule has 0 spiro atoms. The SMILES string of the molecule is OCc1ccc(CNCC2Cc3ccccc32)cc1. The third-order valence-electron chi connectivity index (χ3n) is 3.89. The molecule has 0 amide bonds. The van der Waals surface area contributed by atoms with Crippen molar-refractivity contribution in [2.24, 2.45) is 0 Å². The van der Waals surface area contributed by atoms with E-state index >= 15 is 0 Å². The van der Waals surface area contributed by atoms with Crippen LogP contribution in [-0.2, 0) is 19.6 Å². The summed E-state index contributed by atoms with van der Waals surface area (Å²) in [6.07, 6.45) is 1.20. The van der Waals surface area contributed by atoms with Crippen molar-refractivity contribution in [2.45, 2.75) is 25.5 Å². The highest BCUT2D eigenvalue weighted by Crippen LogP contribution is 2.33. The fourth-order valence-electron chi connectivity index (χ4n) is 2.70. The molecule has 0 aromatic heterocycles. The Morgan fingerprint density at radius 2 is 1.74 bits per heavy atom. The number of benzene rings is 2. The number of rotatable bonds is 5. The van der Waals surface area contributed by atoms with Crippen LogP contribution in [0.4, 0.5) is 0 Å². The van der Waals surface area contributed by atoms with E-state index in [2.05, 4.69) is 41.7 Å². The van der Waals surface area contributed by atoms with Crippen molar-refractivity contribution in [3.05, 3.63) is 70.8 Å². The zero-order valence-corrected chi connectivity index (χ0v) is 11.0. The van der Waals surface area contributed by atoms with Gasteiger partial charge in [0, 0.05) is 19.0 Å². The molecule has 2 aromatic rings. The second kappa shape index (κ2) is 5.55. The first kappa shape index (κ1) is 12.4. The summed E-state index contributed by atoms with van der Waals surface area (Å²) in [6.45, 7) is 2.05. The summed E-state index contributed by atoms with van der Waals surface area (Å²) in [5, 5.41) is 12.5. The molecule has 2 heteroatoms. The van der Waals surface area contributed by atoms with Crippen LogP contribution in [0.15, 0.2) is 48.5 Å². The van der Waals surface area contributed by atoms with E-state index in [0.29, 0.717) is 5.92 Å². The minimum atomic E-state index is 0.118. The summed E-state index contributed by atoms with van der Waals surface area (Å²) in [6, 6.07) is 16.8. The molecule has 1 aliphatic rings. The van der Waals surface area contributed by atoms with Crippen LogP contribution >= 0.6 is 0 Å². The molecule has 1 atom stereocenters. The van der Waals surface area contributed by atoms with Gasteiger partial charge < -0.3 is 10.4 Å². The van der Waals surface area contributed by atoms with Gasteiger partial charge in [0.1, 0.15) is 0 Å². The van der Waals surface area contributed by atoms with Crippen molar-refractivity contribution < 1.29 is 5.11 Å². The summed E-state index contributed by atoms with van der Waals surface area (Å²) in [5.74, 6) is 0.674. The van der Waals surface area contributed by atoms with Gasteiger partial charge in [0.25, 0.3) is 0 Å². The molecular formula is C17H19NO. The highest BCUT2D eigenvalue weighted by Gasteiger charge is 2.24. The molecule has 2 aromatic carbocycles. The zero-order chi connectivity index (χ0) is 13.1. The topological polar surface area (TPSA) is 32.3 Å². The fourth-order valence-corrected chi connectivity index (χ4v) is 2.70. The molecule has 0 bridgehead atoms. The molecule has 3 rings (SSSR count). The Morgan fingerprint density at radius 1 is 1.00 bits per heavy atom. The van der Waals surface area contributed by atoms with Crippen LogP contribution in [0.5, 0.6) is 0 Å². The number of hydrogen-bond acceptors (Lipinski definition) is 2. The van der Waals surface area contributed by atoms with E-state index in [-0.39, 0.29) is 6.61 Å². The normalized spacial score (nSPS) is 16.8.